The van der Waals surface area contributed by atoms with Crippen LogP contribution in [0.15, 0.2) is 0 Å². The Bertz CT molecular complexity index is 177. The third-order valence-corrected chi connectivity index (χ3v) is 2.82. The highest BCUT2D eigenvalue weighted by molar-refractivity contribution is 4.82. The van der Waals surface area contributed by atoms with Crippen molar-refractivity contribution in [2.75, 3.05) is 39.9 Å². The van der Waals surface area contributed by atoms with Gasteiger partial charge in [-0.1, -0.05) is 0 Å². The van der Waals surface area contributed by atoms with Crippen LogP contribution in [-0.2, 0) is 4.74 Å². The molecule has 0 bridgehead atoms. The Morgan fingerprint density at radius 2 is 2.00 bits per heavy atom. The summed E-state index contributed by atoms with van der Waals surface area (Å²) in [4.78, 5) is 0. The first-order valence-corrected chi connectivity index (χ1v) is 5.12. The molecule has 74 valence electrons. The quantitative estimate of drug-likeness (QED) is 0.361. The zero-order chi connectivity index (χ0) is 9.57. The molecule has 0 amide bonds. The monoisotopic (exact) mass is 182 g/mol. The number of unbranched alkanes of at least 4 members (excludes halogenated alkanes) is 2. The van der Waals surface area contributed by atoms with Crippen molar-refractivity contribution < 1.29 is 9.22 Å². The summed E-state index contributed by atoms with van der Waals surface area (Å²) in [7, 11) is 2.32. The molecule has 2 nitrogen and oxygen atoms in total. The number of terminal acetylenes is 1. The van der Waals surface area contributed by atoms with Crippen LogP contribution in [0.2, 0.25) is 0 Å². The van der Waals surface area contributed by atoms with Crippen LogP contribution < -0.4 is 0 Å². The Hall–Kier alpha value is -0.520. The Balaban J connectivity index is 2.14. The zero-order valence-electron chi connectivity index (χ0n) is 8.59. The lowest BCUT2D eigenvalue weighted by Gasteiger charge is -2.37. The lowest BCUT2D eigenvalue weighted by atomic mass is 10.2. The van der Waals surface area contributed by atoms with Crippen LogP contribution >= 0.6 is 0 Å². The largest absolute Gasteiger partial charge is 0.370 e. The third-order valence-electron chi connectivity index (χ3n) is 2.82. The van der Waals surface area contributed by atoms with Gasteiger partial charge in [0.2, 0.25) is 0 Å². The van der Waals surface area contributed by atoms with E-state index in [1.165, 1.54) is 23.9 Å². The molecule has 13 heavy (non-hydrogen) atoms. The molecule has 0 aromatic rings. The second-order valence-corrected chi connectivity index (χ2v) is 4.06. The number of nitrogens with zero attached hydrogens (tertiary/aromatic N) is 1. The van der Waals surface area contributed by atoms with E-state index < -0.39 is 0 Å². The minimum absolute atomic E-state index is 0.922. The van der Waals surface area contributed by atoms with Gasteiger partial charge in [0.05, 0.1) is 26.8 Å². The first-order chi connectivity index (χ1) is 6.27. The molecule has 0 unspecified atom stereocenters. The van der Waals surface area contributed by atoms with Crippen LogP contribution in [0.1, 0.15) is 19.3 Å². The van der Waals surface area contributed by atoms with Gasteiger partial charge >= 0.3 is 0 Å². The minimum Gasteiger partial charge on any atom is -0.370 e. The predicted molar refractivity (Wildman–Crippen MR) is 54.3 cm³/mol. The maximum absolute atomic E-state index is 5.34. The summed E-state index contributed by atoms with van der Waals surface area (Å²) in [5, 5.41) is 0. The van der Waals surface area contributed by atoms with Gasteiger partial charge in [-0.05, 0) is 12.8 Å². The average molecular weight is 182 g/mol. The summed E-state index contributed by atoms with van der Waals surface area (Å²) in [5.41, 5.74) is 0. The highest BCUT2D eigenvalue weighted by Gasteiger charge is 2.23. The van der Waals surface area contributed by atoms with Gasteiger partial charge < -0.3 is 9.22 Å². The van der Waals surface area contributed by atoms with Crippen LogP contribution in [0.4, 0.5) is 0 Å². The van der Waals surface area contributed by atoms with Gasteiger partial charge in [0.15, 0.2) is 0 Å². The molecule has 0 aromatic heterocycles. The molecule has 1 rings (SSSR count). The molecular weight excluding hydrogens is 162 g/mol. The number of likely N-dealkylation sites (N-methyl/N-ethyl adjacent to an activating group) is 1. The van der Waals surface area contributed by atoms with Gasteiger partial charge in [0.25, 0.3) is 0 Å². The summed E-state index contributed by atoms with van der Waals surface area (Å²) in [6.45, 7) is 5.43. The van der Waals surface area contributed by atoms with Gasteiger partial charge in [-0.15, -0.1) is 12.3 Å². The summed E-state index contributed by atoms with van der Waals surface area (Å²) in [5.74, 6) is 2.69. The second kappa shape index (κ2) is 5.26. The van der Waals surface area contributed by atoms with Crippen LogP contribution in [0.25, 0.3) is 0 Å². The van der Waals surface area contributed by atoms with E-state index >= 15 is 0 Å². The molecule has 0 aliphatic carbocycles. The Morgan fingerprint density at radius 1 is 1.31 bits per heavy atom. The van der Waals surface area contributed by atoms with E-state index in [2.05, 4.69) is 13.0 Å². The smallest absolute Gasteiger partial charge is 0.102 e. The molecule has 0 spiro atoms. The Morgan fingerprint density at radius 3 is 2.62 bits per heavy atom. The fourth-order valence-corrected chi connectivity index (χ4v) is 1.73. The zero-order valence-corrected chi connectivity index (χ0v) is 8.59. The topological polar surface area (TPSA) is 9.23 Å². The summed E-state index contributed by atoms with van der Waals surface area (Å²) >= 11 is 0. The molecular formula is C11H20NO+. The molecule has 0 atom stereocenters. The van der Waals surface area contributed by atoms with Gasteiger partial charge in [-0.2, -0.15) is 0 Å². The molecule has 1 aliphatic rings. The van der Waals surface area contributed by atoms with E-state index in [1.54, 1.807) is 0 Å². The Kier molecular flexibility index (Phi) is 4.27. The van der Waals surface area contributed by atoms with E-state index in [0.717, 1.165) is 32.7 Å². The van der Waals surface area contributed by atoms with Crippen molar-refractivity contribution in [2.45, 2.75) is 19.3 Å². The molecule has 0 aromatic carbocycles. The maximum atomic E-state index is 5.34. The average Bonchev–Trinajstić information content (AvgIpc) is 2.14. The molecule has 1 heterocycles. The highest BCUT2D eigenvalue weighted by Crippen LogP contribution is 2.10. The molecule has 2 heteroatoms. The predicted octanol–water partition coefficient (Wildman–Crippen LogP) is 1.27. The van der Waals surface area contributed by atoms with Crippen molar-refractivity contribution >= 4 is 0 Å². The lowest BCUT2D eigenvalue weighted by Crippen LogP contribution is -2.52. The van der Waals surface area contributed by atoms with Crippen molar-refractivity contribution in [1.82, 2.24) is 0 Å². The normalized spacial score (nSPS) is 20.9. The number of quaternary nitrogens is 1. The molecule has 0 N–H and O–H groups in total. The van der Waals surface area contributed by atoms with Crippen LogP contribution in [-0.4, -0.2) is 44.4 Å². The summed E-state index contributed by atoms with van der Waals surface area (Å²) < 4.78 is 6.52. The van der Waals surface area contributed by atoms with Crippen molar-refractivity contribution in [3.8, 4) is 12.3 Å². The van der Waals surface area contributed by atoms with Crippen molar-refractivity contribution in [1.29, 1.82) is 0 Å². The number of morpholine rings is 1. The third kappa shape index (κ3) is 3.80. The standard InChI is InChI=1S/C11H20NO/c1-3-4-5-6-7-12(2)8-10-13-11-9-12/h1H,4-11H2,2H3/q+1. The first kappa shape index (κ1) is 10.6. The van der Waals surface area contributed by atoms with Crippen LogP contribution in [0.3, 0.4) is 0 Å². The summed E-state index contributed by atoms with van der Waals surface area (Å²) in [6.07, 6.45) is 8.56. The van der Waals surface area contributed by atoms with Crippen molar-refractivity contribution in [3.63, 3.8) is 0 Å². The van der Waals surface area contributed by atoms with Gasteiger partial charge in [-0.25, -0.2) is 0 Å². The van der Waals surface area contributed by atoms with Gasteiger partial charge in [0.1, 0.15) is 13.1 Å². The van der Waals surface area contributed by atoms with E-state index in [0.29, 0.717) is 0 Å². The first-order valence-electron chi connectivity index (χ1n) is 5.12. The van der Waals surface area contributed by atoms with Crippen molar-refractivity contribution in [3.05, 3.63) is 0 Å². The van der Waals surface area contributed by atoms with Gasteiger partial charge in [-0.3, -0.25) is 0 Å². The fourth-order valence-electron chi connectivity index (χ4n) is 1.73. The number of ether oxygens (including phenoxy) is 1. The van der Waals surface area contributed by atoms with Crippen molar-refractivity contribution in [2.24, 2.45) is 0 Å². The number of rotatable bonds is 4. The lowest BCUT2D eigenvalue weighted by molar-refractivity contribution is -0.917. The van der Waals surface area contributed by atoms with E-state index in [1.807, 2.05) is 0 Å². The molecule has 0 radical (unpaired) electrons. The fraction of sp³-hybridized carbons (Fsp3) is 0.818. The molecule has 1 saturated heterocycles. The number of hydrogen-bond donors (Lipinski definition) is 0. The molecule has 0 saturated carbocycles. The molecule has 1 aliphatic heterocycles. The number of hydrogen-bond acceptors (Lipinski definition) is 1. The SMILES string of the molecule is C#CCCCC[N+]1(C)CCOCC1. The van der Waals surface area contributed by atoms with E-state index in [4.69, 9.17) is 11.2 Å². The minimum atomic E-state index is 0.922. The van der Waals surface area contributed by atoms with Crippen LogP contribution in [0.5, 0.6) is 0 Å². The van der Waals surface area contributed by atoms with E-state index in [-0.39, 0.29) is 0 Å². The van der Waals surface area contributed by atoms with Crippen LogP contribution in [0, 0.1) is 12.3 Å². The van der Waals surface area contributed by atoms with E-state index in [9.17, 15) is 0 Å². The highest BCUT2D eigenvalue weighted by atomic mass is 16.5. The second-order valence-electron chi connectivity index (χ2n) is 4.06. The maximum Gasteiger partial charge on any atom is 0.102 e. The summed E-state index contributed by atoms with van der Waals surface area (Å²) in [6, 6.07) is 0. The Labute approximate surface area is 81.5 Å². The molecule has 1 fully saturated rings. The van der Waals surface area contributed by atoms with Gasteiger partial charge in [0, 0.05) is 6.42 Å².